The van der Waals surface area contributed by atoms with Crippen molar-refractivity contribution in [3.05, 3.63) is 27.3 Å². The molecule has 0 saturated carbocycles. The molecule has 1 aliphatic rings. The van der Waals surface area contributed by atoms with Gasteiger partial charge < -0.3 is 14.6 Å². The normalized spacial score (nSPS) is 23.6. The number of benzene rings is 1. The van der Waals surface area contributed by atoms with Crippen LogP contribution in [0.4, 0.5) is 0 Å². The molecule has 1 unspecified atom stereocenters. The molecule has 5 heteroatoms. The Bertz CT molecular complexity index is 537. The molecule has 1 aromatic rings. The Labute approximate surface area is 132 Å². The van der Waals surface area contributed by atoms with Crippen molar-refractivity contribution in [3.8, 4) is 5.75 Å². The van der Waals surface area contributed by atoms with Crippen molar-refractivity contribution < 1.29 is 19.4 Å². The van der Waals surface area contributed by atoms with Gasteiger partial charge in [0.2, 0.25) is 0 Å². The Balaban J connectivity index is 2.26. The van der Waals surface area contributed by atoms with Crippen LogP contribution < -0.4 is 4.74 Å². The van der Waals surface area contributed by atoms with Gasteiger partial charge in [0.1, 0.15) is 17.5 Å². The molecule has 20 heavy (non-hydrogen) atoms. The van der Waals surface area contributed by atoms with E-state index in [1.54, 1.807) is 18.2 Å². The predicted molar refractivity (Wildman–Crippen MR) is 84.4 cm³/mol. The summed E-state index contributed by atoms with van der Waals surface area (Å²) in [5.41, 5.74) is -0.396. The monoisotopic (exact) mass is 390 g/mol. The second-order valence-electron chi connectivity index (χ2n) is 6.23. The maximum atomic E-state index is 11.0. The minimum atomic E-state index is -0.950. The molecule has 1 fully saturated rings. The van der Waals surface area contributed by atoms with Crippen LogP contribution in [0.2, 0.25) is 0 Å². The highest BCUT2D eigenvalue weighted by Gasteiger charge is 2.47. The summed E-state index contributed by atoms with van der Waals surface area (Å²) in [5, 5.41) is 9.06. The minimum absolute atomic E-state index is 0.102. The number of carboxylic acid groups (broad SMARTS) is 1. The van der Waals surface area contributed by atoms with Crippen LogP contribution in [-0.2, 0) is 4.74 Å². The average molecular weight is 390 g/mol. The molecular weight excluding hydrogens is 371 g/mol. The first-order chi connectivity index (χ1) is 9.11. The fourth-order valence-electron chi connectivity index (χ4n) is 2.58. The van der Waals surface area contributed by atoms with E-state index in [1.807, 2.05) is 27.7 Å². The van der Waals surface area contributed by atoms with Gasteiger partial charge >= 0.3 is 5.97 Å². The number of carboxylic acids is 1. The van der Waals surface area contributed by atoms with E-state index in [0.29, 0.717) is 5.75 Å². The van der Waals surface area contributed by atoms with Gasteiger partial charge in [0.15, 0.2) is 0 Å². The summed E-state index contributed by atoms with van der Waals surface area (Å²) in [6.07, 6.45) is 0.669. The molecule has 0 bridgehead atoms. The molecule has 2 rings (SSSR count). The molecule has 110 valence electrons. The number of ether oxygens (including phenoxy) is 2. The zero-order valence-corrected chi connectivity index (χ0v) is 14.2. The molecular formula is C15H19IO4. The van der Waals surface area contributed by atoms with Crippen LogP contribution in [0.25, 0.3) is 0 Å². The Morgan fingerprint density at radius 2 is 2.05 bits per heavy atom. The number of rotatable bonds is 3. The van der Waals surface area contributed by atoms with E-state index in [9.17, 15) is 4.79 Å². The van der Waals surface area contributed by atoms with Gasteiger partial charge in [-0.3, -0.25) is 0 Å². The zero-order chi connectivity index (χ0) is 15.1. The summed E-state index contributed by atoms with van der Waals surface area (Å²) >= 11 is 2.15. The van der Waals surface area contributed by atoms with Crippen LogP contribution in [0.15, 0.2) is 18.2 Å². The summed E-state index contributed by atoms with van der Waals surface area (Å²) in [6, 6.07) is 4.91. The van der Waals surface area contributed by atoms with Gasteiger partial charge in [-0.15, -0.1) is 0 Å². The highest BCUT2D eigenvalue weighted by Crippen LogP contribution is 2.40. The fourth-order valence-corrected chi connectivity index (χ4v) is 3.04. The van der Waals surface area contributed by atoms with E-state index in [1.165, 1.54) is 0 Å². The van der Waals surface area contributed by atoms with Crippen molar-refractivity contribution in [1.82, 2.24) is 0 Å². The van der Waals surface area contributed by atoms with Crippen molar-refractivity contribution in [3.63, 3.8) is 0 Å². The van der Waals surface area contributed by atoms with E-state index in [0.717, 1.165) is 9.99 Å². The summed E-state index contributed by atoms with van der Waals surface area (Å²) in [4.78, 5) is 11.0. The minimum Gasteiger partial charge on any atom is -0.486 e. The second kappa shape index (κ2) is 5.18. The molecule has 0 amide bonds. The van der Waals surface area contributed by atoms with E-state index in [2.05, 4.69) is 22.6 Å². The number of carbonyl (C=O) groups is 1. The van der Waals surface area contributed by atoms with Gasteiger partial charge in [0.05, 0.1) is 14.7 Å². The predicted octanol–water partition coefficient (Wildman–Crippen LogP) is 3.71. The first kappa shape index (κ1) is 15.6. The maximum absolute atomic E-state index is 11.0. The van der Waals surface area contributed by atoms with Gasteiger partial charge in [0, 0.05) is 6.42 Å². The lowest BCUT2D eigenvalue weighted by molar-refractivity contribution is -0.0846. The number of aromatic carboxylic acids is 1. The van der Waals surface area contributed by atoms with Crippen molar-refractivity contribution in [2.45, 2.75) is 51.4 Å². The molecule has 0 spiro atoms. The highest BCUT2D eigenvalue weighted by molar-refractivity contribution is 14.1. The lowest BCUT2D eigenvalue weighted by Gasteiger charge is -2.27. The van der Waals surface area contributed by atoms with Crippen LogP contribution in [0.1, 0.15) is 44.5 Å². The van der Waals surface area contributed by atoms with Gasteiger partial charge in [-0.25, -0.2) is 4.79 Å². The second-order valence-corrected chi connectivity index (χ2v) is 7.39. The Kier molecular flexibility index (Phi) is 4.03. The Morgan fingerprint density at radius 1 is 1.40 bits per heavy atom. The molecule has 0 aliphatic carbocycles. The number of hydrogen-bond donors (Lipinski definition) is 1. The van der Waals surface area contributed by atoms with E-state index in [4.69, 9.17) is 14.6 Å². The molecule has 4 nitrogen and oxygen atoms in total. The van der Waals surface area contributed by atoms with E-state index < -0.39 is 11.6 Å². The van der Waals surface area contributed by atoms with Crippen molar-refractivity contribution in [1.29, 1.82) is 0 Å². The summed E-state index contributed by atoms with van der Waals surface area (Å²) in [5.74, 6) is -0.349. The average Bonchev–Trinajstić information content (AvgIpc) is 2.49. The lowest BCUT2D eigenvalue weighted by atomic mass is 9.97. The lowest BCUT2D eigenvalue weighted by Crippen LogP contribution is -2.36. The van der Waals surface area contributed by atoms with Gasteiger partial charge in [-0.1, -0.05) is 0 Å². The van der Waals surface area contributed by atoms with Crippen LogP contribution in [0.3, 0.4) is 0 Å². The van der Waals surface area contributed by atoms with Crippen molar-refractivity contribution >= 4 is 28.6 Å². The molecule has 1 aromatic carbocycles. The number of halogens is 1. The van der Waals surface area contributed by atoms with E-state index >= 15 is 0 Å². The largest absolute Gasteiger partial charge is 0.486 e. The Hall–Kier alpha value is -0.820. The maximum Gasteiger partial charge on any atom is 0.335 e. The van der Waals surface area contributed by atoms with Gasteiger partial charge in [0.25, 0.3) is 0 Å². The number of hydrogen-bond acceptors (Lipinski definition) is 3. The van der Waals surface area contributed by atoms with Crippen LogP contribution in [0, 0.1) is 3.57 Å². The molecule has 1 saturated heterocycles. The fraction of sp³-hybridized carbons (Fsp3) is 0.533. The Morgan fingerprint density at radius 3 is 2.55 bits per heavy atom. The zero-order valence-electron chi connectivity index (χ0n) is 12.1. The first-order valence-corrected chi connectivity index (χ1v) is 7.58. The smallest absolute Gasteiger partial charge is 0.335 e. The molecule has 1 aliphatic heterocycles. The standard InChI is InChI=1S/C15H19IO4/c1-14(2)8-12(15(3,4)20-14)19-11-7-9(13(17)18)5-6-10(11)16/h5-7,12H,8H2,1-4H3,(H,17,18). The molecule has 1 N–H and O–H groups in total. The van der Waals surface area contributed by atoms with E-state index in [-0.39, 0.29) is 17.3 Å². The summed E-state index contributed by atoms with van der Waals surface area (Å²) < 4.78 is 12.9. The van der Waals surface area contributed by atoms with Gasteiger partial charge in [-0.05, 0) is 68.5 Å². The third-order valence-corrected chi connectivity index (χ3v) is 4.33. The molecule has 0 radical (unpaired) electrons. The third-order valence-electron chi connectivity index (χ3n) is 3.44. The summed E-state index contributed by atoms with van der Waals surface area (Å²) in [6.45, 7) is 8.08. The highest BCUT2D eigenvalue weighted by atomic mass is 127. The molecule has 0 aromatic heterocycles. The SMILES string of the molecule is CC1(C)CC(Oc2cc(C(=O)O)ccc2I)C(C)(C)O1. The van der Waals surface area contributed by atoms with Crippen molar-refractivity contribution in [2.24, 2.45) is 0 Å². The quantitative estimate of drug-likeness (QED) is 0.800. The van der Waals surface area contributed by atoms with Crippen LogP contribution in [0.5, 0.6) is 5.75 Å². The van der Waals surface area contributed by atoms with Crippen LogP contribution >= 0.6 is 22.6 Å². The third kappa shape index (κ3) is 3.25. The van der Waals surface area contributed by atoms with Crippen molar-refractivity contribution in [2.75, 3.05) is 0 Å². The topological polar surface area (TPSA) is 55.8 Å². The van der Waals surface area contributed by atoms with Crippen LogP contribution in [-0.4, -0.2) is 28.4 Å². The summed E-state index contributed by atoms with van der Waals surface area (Å²) in [7, 11) is 0. The van der Waals surface area contributed by atoms with Gasteiger partial charge in [-0.2, -0.15) is 0 Å². The first-order valence-electron chi connectivity index (χ1n) is 6.50. The molecule has 1 atom stereocenters. The molecule has 1 heterocycles.